The number of piperazine rings is 1. The van der Waals surface area contributed by atoms with E-state index in [0.717, 1.165) is 0 Å². The maximum Gasteiger partial charge on any atom is 0.320 e. The standard InChI is InChI=1S/C13H20N2O3/c1-3-4-5-6-12(16)15-9-7-14(8-10-15)11(2)13(17)18/h3-6,11H,7-10H2,1-2H3,(H,17,18). The summed E-state index contributed by atoms with van der Waals surface area (Å²) >= 11 is 0. The zero-order valence-corrected chi connectivity index (χ0v) is 10.9. The van der Waals surface area contributed by atoms with Crippen LogP contribution in [0.3, 0.4) is 0 Å². The van der Waals surface area contributed by atoms with E-state index in [1.165, 1.54) is 6.08 Å². The highest BCUT2D eigenvalue weighted by atomic mass is 16.4. The van der Waals surface area contributed by atoms with Gasteiger partial charge < -0.3 is 10.0 Å². The largest absolute Gasteiger partial charge is 0.480 e. The molecule has 0 bridgehead atoms. The molecule has 1 amide bonds. The minimum atomic E-state index is -0.817. The minimum absolute atomic E-state index is 0.0178. The molecule has 1 aliphatic heterocycles. The number of allylic oxidation sites excluding steroid dienone is 3. The summed E-state index contributed by atoms with van der Waals surface area (Å²) in [5, 5.41) is 8.91. The molecule has 5 nitrogen and oxygen atoms in total. The second-order valence-corrected chi connectivity index (χ2v) is 4.26. The first-order chi connectivity index (χ1) is 8.56. The number of hydrogen-bond acceptors (Lipinski definition) is 3. The SMILES string of the molecule is CC=CC=CC(=O)N1CCN(C(C)C(=O)O)CC1. The van der Waals surface area contributed by atoms with Gasteiger partial charge in [-0.15, -0.1) is 0 Å². The van der Waals surface area contributed by atoms with Crippen molar-refractivity contribution in [3.8, 4) is 0 Å². The molecule has 0 aromatic rings. The molecule has 0 aromatic heterocycles. The fourth-order valence-electron chi connectivity index (χ4n) is 1.84. The van der Waals surface area contributed by atoms with Crippen molar-refractivity contribution in [2.75, 3.05) is 26.2 Å². The van der Waals surface area contributed by atoms with E-state index >= 15 is 0 Å². The highest BCUT2D eigenvalue weighted by Crippen LogP contribution is 2.07. The summed E-state index contributed by atoms with van der Waals surface area (Å²) in [5.74, 6) is -0.835. The average molecular weight is 252 g/mol. The van der Waals surface area contributed by atoms with Crippen LogP contribution in [0.2, 0.25) is 0 Å². The van der Waals surface area contributed by atoms with Gasteiger partial charge in [0.25, 0.3) is 0 Å². The van der Waals surface area contributed by atoms with E-state index in [2.05, 4.69) is 0 Å². The summed E-state index contributed by atoms with van der Waals surface area (Å²) in [6.45, 7) is 5.94. The van der Waals surface area contributed by atoms with Crippen LogP contribution in [-0.4, -0.2) is 59.0 Å². The summed E-state index contributed by atoms with van der Waals surface area (Å²) < 4.78 is 0. The molecule has 100 valence electrons. The van der Waals surface area contributed by atoms with E-state index in [-0.39, 0.29) is 5.91 Å². The molecule has 0 spiro atoms. The number of aliphatic carboxylic acids is 1. The summed E-state index contributed by atoms with van der Waals surface area (Å²) in [6.07, 6.45) is 6.92. The van der Waals surface area contributed by atoms with E-state index in [4.69, 9.17) is 5.11 Å². The van der Waals surface area contributed by atoms with Gasteiger partial charge >= 0.3 is 5.97 Å². The van der Waals surface area contributed by atoms with Crippen molar-refractivity contribution in [1.29, 1.82) is 0 Å². The molecule has 0 aromatic carbocycles. The Morgan fingerprint density at radius 1 is 1.17 bits per heavy atom. The summed E-state index contributed by atoms with van der Waals surface area (Å²) in [6, 6.07) is -0.485. The predicted molar refractivity (Wildman–Crippen MR) is 69.2 cm³/mol. The molecule has 1 saturated heterocycles. The Bertz CT molecular complexity index is 355. The van der Waals surface area contributed by atoms with Gasteiger partial charge in [-0.25, -0.2) is 0 Å². The van der Waals surface area contributed by atoms with Crippen molar-refractivity contribution < 1.29 is 14.7 Å². The Balaban J connectivity index is 2.44. The maximum atomic E-state index is 11.8. The van der Waals surface area contributed by atoms with Crippen LogP contribution < -0.4 is 0 Å². The lowest BCUT2D eigenvalue weighted by Crippen LogP contribution is -2.52. The fourth-order valence-corrected chi connectivity index (χ4v) is 1.84. The van der Waals surface area contributed by atoms with Gasteiger partial charge in [0.2, 0.25) is 5.91 Å². The molecule has 1 fully saturated rings. The van der Waals surface area contributed by atoms with Crippen molar-refractivity contribution in [3.63, 3.8) is 0 Å². The molecule has 1 atom stereocenters. The normalized spacial score (nSPS) is 19.6. The van der Waals surface area contributed by atoms with Gasteiger partial charge in [0, 0.05) is 32.3 Å². The number of carboxylic acid groups (broad SMARTS) is 1. The molecule has 1 N–H and O–H groups in total. The van der Waals surface area contributed by atoms with Gasteiger partial charge in [0.1, 0.15) is 6.04 Å². The zero-order valence-electron chi connectivity index (χ0n) is 10.9. The number of amides is 1. The lowest BCUT2D eigenvalue weighted by Gasteiger charge is -2.36. The molecule has 18 heavy (non-hydrogen) atoms. The van der Waals surface area contributed by atoms with Crippen LogP contribution in [0.1, 0.15) is 13.8 Å². The summed E-state index contributed by atoms with van der Waals surface area (Å²) in [5.41, 5.74) is 0. The van der Waals surface area contributed by atoms with Gasteiger partial charge in [-0.2, -0.15) is 0 Å². The van der Waals surface area contributed by atoms with Gasteiger partial charge in [0.15, 0.2) is 0 Å². The second kappa shape index (κ2) is 6.96. The van der Waals surface area contributed by atoms with Crippen molar-refractivity contribution in [2.45, 2.75) is 19.9 Å². The van der Waals surface area contributed by atoms with Gasteiger partial charge in [0.05, 0.1) is 0 Å². The lowest BCUT2D eigenvalue weighted by molar-refractivity contribution is -0.143. The molecule has 0 saturated carbocycles. The van der Waals surface area contributed by atoms with Crippen molar-refractivity contribution in [3.05, 3.63) is 24.3 Å². The average Bonchev–Trinajstić information content (AvgIpc) is 2.38. The van der Waals surface area contributed by atoms with Crippen LogP contribution >= 0.6 is 0 Å². The molecule has 1 unspecified atom stereocenters. The Morgan fingerprint density at radius 3 is 2.28 bits per heavy atom. The molecule has 0 aliphatic carbocycles. The number of carboxylic acids is 1. The third-order valence-corrected chi connectivity index (χ3v) is 3.07. The maximum absolute atomic E-state index is 11.8. The topological polar surface area (TPSA) is 60.9 Å². The van der Waals surface area contributed by atoms with Crippen LogP contribution in [0.25, 0.3) is 0 Å². The third kappa shape index (κ3) is 4.00. The number of carbonyl (C=O) groups excluding carboxylic acids is 1. The van der Waals surface area contributed by atoms with Crippen LogP contribution in [0.15, 0.2) is 24.3 Å². The Hall–Kier alpha value is -1.62. The van der Waals surface area contributed by atoms with Crippen molar-refractivity contribution in [2.24, 2.45) is 0 Å². The smallest absolute Gasteiger partial charge is 0.320 e. The molecule has 5 heteroatoms. The molecule has 1 heterocycles. The van der Waals surface area contributed by atoms with Gasteiger partial charge in [-0.05, 0) is 13.8 Å². The minimum Gasteiger partial charge on any atom is -0.480 e. The zero-order chi connectivity index (χ0) is 13.5. The highest BCUT2D eigenvalue weighted by Gasteiger charge is 2.26. The number of hydrogen-bond donors (Lipinski definition) is 1. The number of nitrogens with zero attached hydrogens (tertiary/aromatic N) is 2. The van der Waals surface area contributed by atoms with Crippen LogP contribution in [0, 0.1) is 0 Å². The van der Waals surface area contributed by atoms with Crippen molar-refractivity contribution >= 4 is 11.9 Å². The molecule has 1 aliphatic rings. The van der Waals surface area contributed by atoms with Crippen molar-refractivity contribution in [1.82, 2.24) is 9.80 Å². The lowest BCUT2D eigenvalue weighted by atomic mass is 10.2. The van der Waals surface area contributed by atoms with Crippen LogP contribution in [0.4, 0.5) is 0 Å². The number of carbonyl (C=O) groups is 2. The third-order valence-electron chi connectivity index (χ3n) is 3.07. The highest BCUT2D eigenvalue weighted by molar-refractivity contribution is 5.88. The van der Waals surface area contributed by atoms with E-state index < -0.39 is 12.0 Å². The molecule has 1 rings (SSSR count). The Kier molecular flexibility index (Phi) is 5.58. The monoisotopic (exact) mass is 252 g/mol. The summed E-state index contributed by atoms with van der Waals surface area (Å²) in [4.78, 5) is 26.2. The van der Waals surface area contributed by atoms with E-state index in [1.807, 2.05) is 17.9 Å². The fraction of sp³-hybridized carbons (Fsp3) is 0.538. The molecule has 0 radical (unpaired) electrons. The summed E-state index contributed by atoms with van der Waals surface area (Å²) in [7, 11) is 0. The van der Waals surface area contributed by atoms with E-state index in [9.17, 15) is 9.59 Å². The first-order valence-corrected chi connectivity index (χ1v) is 6.11. The molecular formula is C13H20N2O3. The number of rotatable bonds is 4. The van der Waals surface area contributed by atoms with Crippen LogP contribution in [0.5, 0.6) is 0 Å². The van der Waals surface area contributed by atoms with Gasteiger partial charge in [-0.3, -0.25) is 14.5 Å². The van der Waals surface area contributed by atoms with E-state index in [0.29, 0.717) is 26.2 Å². The first kappa shape index (κ1) is 14.4. The second-order valence-electron chi connectivity index (χ2n) is 4.26. The first-order valence-electron chi connectivity index (χ1n) is 6.11. The van der Waals surface area contributed by atoms with E-state index in [1.54, 1.807) is 24.0 Å². The Labute approximate surface area is 107 Å². The Morgan fingerprint density at radius 2 is 1.78 bits per heavy atom. The molecular weight excluding hydrogens is 232 g/mol. The predicted octanol–water partition coefficient (Wildman–Crippen LogP) is 0.736. The quantitative estimate of drug-likeness (QED) is 0.592. The van der Waals surface area contributed by atoms with Crippen LogP contribution in [-0.2, 0) is 9.59 Å². The van der Waals surface area contributed by atoms with Gasteiger partial charge in [-0.1, -0.05) is 18.2 Å².